The van der Waals surface area contributed by atoms with Crippen LogP contribution in [0.4, 0.5) is 0 Å². The second kappa shape index (κ2) is 5.87. The molecular weight excluding hydrogens is 332 g/mol. The first-order valence-corrected chi connectivity index (χ1v) is 10.1. The Hall–Kier alpha value is -0.750. The Kier molecular flexibility index (Phi) is 4.20. The highest BCUT2D eigenvalue weighted by atomic mass is 16.4. The second-order valence-corrected chi connectivity index (χ2v) is 9.67. The van der Waals surface area contributed by atoms with E-state index in [2.05, 4.69) is 13.8 Å². The van der Waals surface area contributed by atoms with Crippen LogP contribution in [-0.2, 0) is 4.79 Å². The molecule has 0 spiro atoms. The Bertz CT molecular complexity index is 644. The molecule has 3 saturated carbocycles. The number of hydrogen-bond donors (Lipinski definition) is 4. The molecule has 0 aromatic heterocycles. The number of ketones is 1. The van der Waals surface area contributed by atoms with Gasteiger partial charge < -0.3 is 20.4 Å². The SMILES string of the molecule is C[C@]12CC[C@H]3[C@@H](CCC4=CC(=O)CC(O)[C@@]43C)[C@@H]1CC[C@]2(O)C(O)CO. The Morgan fingerprint density at radius 1 is 1.19 bits per heavy atom. The van der Waals surface area contributed by atoms with Gasteiger partial charge in [0.15, 0.2) is 5.78 Å². The number of carbonyl (C=O) groups is 1. The van der Waals surface area contributed by atoms with Crippen molar-refractivity contribution in [2.45, 2.75) is 76.6 Å². The Morgan fingerprint density at radius 3 is 2.58 bits per heavy atom. The number of aliphatic hydroxyl groups is 4. The summed E-state index contributed by atoms with van der Waals surface area (Å²) in [6.07, 6.45) is 5.04. The predicted molar refractivity (Wildman–Crippen MR) is 96.1 cm³/mol. The van der Waals surface area contributed by atoms with Crippen LogP contribution < -0.4 is 0 Å². The molecule has 26 heavy (non-hydrogen) atoms. The molecule has 4 aliphatic carbocycles. The number of carbonyl (C=O) groups excluding carboxylic acids is 1. The smallest absolute Gasteiger partial charge is 0.158 e. The minimum atomic E-state index is -1.24. The molecule has 4 N–H and O–H groups in total. The van der Waals surface area contributed by atoms with Gasteiger partial charge in [0.25, 0.3) is 0 Å². The normalized spacial score (nSPS) is 51.9. The van der Waals surface area contributed by atoms with Crippen molar-refractivity contribution >= 4 is 5.78 Å². The van der Waals surface area contributed by atoms with Gasteiger partial charge in [-0.05, 0) is 62.4 Å². The molecule has 146 valence electrons. The molecule has 0 saturated heterocycles. The van der Waals surface area contributed by atoms with Gasteiger partial charge in [0.1, 0.15) is 6.10 Å². The third-order valence-corrected chi connectivity index (χ3v) is 9.01. The van der Waals surface area contributed by atoms with E-state index < -0.39 is 29.8 Å². The number of aliphatic hydroxyl groups excluding tert-OH is 3. The van der Waals surface area contributed by atoms with Crippen LogP contribution in [0.5, 0.6) is 0 Å². The van der Waals surface area contributed by atoms with Crippen LogP contribution in [0.25, 0.3) is 0 Å². The Labute approximate surface area is 155 Å². The molecule has 2 unspecified atom stereocenters. The molecule has 5 nitrogen and oxygen atoms in total. The zero-order valence-electron chi connectivity index (χ0n) is 15.8. The molecule has 0 bridgehead atoms. The molecular formula is C21H32O5. The van der Waals surface area contributed by atoms with E-state index in [-0.39, 0.29) is 23.5 Å². The van der Waals surface area contributed by atoms with Gasteiger partial charge in [-0.25, -0.2) is 0 Å². The van der Waals surface area contributed by atoms with Gasteiger partial charge in [0.2, 0.25) is 0 Å². The lowest BCUT2D eigenvalue weighted by Gasteiger charge is -2.60. The predicted octanol–water partition coefficient (Wildman–Crippen LogP) is 1.57. The molecule has 8 atom stereocenters. The number of hydrogen-bond acceptors (Lipinski definition) is 5. The van der Waals surface area contributed by atoms with E-state index in [0.717, 1.165) is 37.7 Å². The lowest BCUT2D eigenvalue weighted by atomic mass is 9.45. The van der Waals surface area contributed by atoms with Gasteiger partial charge >= 0.3 is 0 Å². The molecule has 0 amide bonds. The molecule has 4 rings (SSSR count). The fourth-order valence-electron chi connectivity index (χ4n) is 7.36. The van der Waals surface area contributed by atoms with Gasteiger partial charge in [-0.15, -0.1) is 0 Å². The Balaban J connectivity index is 1.70. The first kappa shape index (κ1) is 18.6. The monoisotopic (exact) mass is 364 g/mol. The molecule has 0 aromatic carbocycles. The van der Waals surface area contributed by atoms with Crippen LogP contribution in [0, 0.1) is 28.6 Å². The fraction of sp³-hybridized carbons (Fsp3) is 0.857. The van der Waals surface area contributed by atoms with Gasteiger partial charge in [-0.2, -0.15) is 0 Å². The van der Waals surface area contributed by atoms with E-state index in [1.54, 1.807) is 6.08 Å². The maximum Gasteiger partial charge on any atom is 0.158 e. The summed E-state index contributed by atoms with van der Waals surface area (Å²) >= 11 is 0. The summed E-state index contributed by atoms with van der Waals surface area (Å²) in [5.41, 5.74) is -0.900. The van der Waals surface area contributed by atoms with E-state index in [1.165, 1.54) is 0 Å². The van der Waals surface area contributed by atoms with Crippen molar-refractivity contribution in [2.75, 3.05) is 6.61 Å². The van der Waals surface area contributed by atoms with E-state index >= 15 is 0 Å². The molecule has 5 heteroatoms. The number of rotatable bonds is 2. The van der Waals surface area contributed by atoms with E-state index in [0.29, 0.717) is 18.3 Å². The summed E-state index contributed by atoms with van der Waals surface area (Å²) in [5, 5.41) is 41.9. The molecule has 0 aromatic rings. The van der Waals surface area contributed by atoms with Gasteiger partial charge in [0.05, 0.1) is 18.3 Å². The van der Waals surface area contributed by atoms with Crippen LogP contribution in [0.2, 0.25) is 0 Å². The van der Waals surface area contributed by atoms with Crippen molar-refractivity contribution < 1.29 is 25.2 Å². The topological polar surface area (TPSA) is 98.0 Å². The molecule has 0 aliphatic heterocycles. The number of fused-ring (bicyclic) bond motifs is 5. The van der Waals surface area contributed by atoms with E-state index in [9.17, 15) is 25.2 Å². The van der Waals surface area contributed by atoms with Crippen molar-refractivity contribution in [2.24, 2.45) is 28.6 Å². The van der Waals surface area contributed by atoms with Crippen LogP contribution in [-0.4, -0.2) is 50.6 Å². The highest BCUT2D eigenvalue weighted by molar-refractivity contribution is 5.92. The third-order valence-electron chi connectivity index (χ3n) is 9.01. The van der Waals surface area contributed by atoms with E-state index in [4.69, 9.17) is 0 Å². The summed E-state index contributed by atoms with van der Waals surface area (Å²) in [7, 11) is 0. The average molecular weight is 364 g/mol. The highest BCUT2D eigenvalue weighted by Gasteiger charge is 2.66. The summed E-state index contributed by atoms with van der Waals surface area (Å²) in [4.78, 5) is 11.9. The largest absolute Gasteiger partial charge is 0.394 e. The Morgan fingerprint density at radius 2 is 1.88 bits per heavy atom. The molecule has 0 radical (unpaired) electrons. The van der Waals surface area contributed by atoms with Crippen molar-refractivity contribution in [3.63, 3.8) is 0 Å². The fourth-order valence-corrected chi connectivity index (χ4v) is 7.36. The standard InChI is InChI=1S/C21H32O5/c1-19-7-5-16-14(15(19)6-8-21(19,26)18(25)11-22)4-3-12-9-13(23)10-17(24)20(12,16)2/h9,14-18,22,24-26H,3-8,10-11H2,1-2H3/t14-,15-,16-,17?,18?,19-,20-,21-/m0/s1. The minimum absolute atomic E-state index is 0.0328. The maximum atomic E-state index is 11.9. The quantitative estimate of drug-likeness (QED) is 0.596. The van der Waals surface area contributed by atoms with Crippen LogP contribution in [0.3, 0.4) is 0 Å². The van der Waals surface area contributed by atoms with Crippen LogP contribution >= 0.6 is 0 Å². The van der Waals surface area contributed by atoms with Crippen molar-refractivity contribution in [3.8, 4) is 0 Å². The zero-order chi connectivity index (χ0) is 18.9. The van der Waals surface area contributed by atoms with Gasteiger partial charge in [0, 0.05) is 17.3 Å². The maximum absolute atomic E-state index is 11.9. The van der Waals surface area contributed by atoms with Gasteiger partial charge in [-0.1, -0.05) is 19.4 Å². The van der Waals surface area contributed by atoms with Crippen LogP contribution in [0.15, 0.2) is 11.6 Å². The highest BCUT2D eigenvalue weighted by Crippen LogP contribution is 2.67. The van der Waals surface area contributed by atoms with Crippen molar-refractivity contribution in [3.05, 3.63) is 11.6 Å². The van der Waals surface area contributed by atoms with E-state index in [1.807, 2.05) is 0 Å². The summed E-state index contributed by atoms with van der Waals surface area (Å²) in [6.45, 7) is 3.78. The first-order valence-electron chi connectivity index (χ1n) is 10.1. The molecule has 0 heterocycles. The lowest BCUT2D eigenvalue weighted by Crippen LogP contribution is -2.60. The minimum Gasteiger partial charge on any atom is -0.394 e. The summed E-state index contributed by atoms with van der Waals surface area (Å²) in [5.74, 6) is 0.983. The van der Waals surface area contributed by atoms with Crippen LogP contribution in [0.1, 0.15) is 58.8 Å². The molecule has 3 fully saturated rings. The third kappa shape index (κ3) is 2.15. The lowest BCUT2D eigenvalue weighted by molar-refractivity contribution is -0.189. The van der Waals surface area contributed by atoms with Gasteiger partial charge in [-0.3, -0.25) is 4.79 Å². The van der Waals surface area contributed by atoms with Crippen molar-refractivity contribution in [1.29, 1.82) is 0 Å². The van der Waals surface area contributed by atoms with Crippen molar-refractivity contribution in [1.82, 2.24) is 0 Å². The molecule has 4 aliphatic rings. The second-order valence-electron chi connectivity index (χ2n) is 9.67. The summed E-state index contributed by atoms with van der Waals surface area (Å²) < 4.78 is 0. The average Bonchev–Trinajstić information content (AvgIpc) is 2.88. The summed E-state index contributed by atoms with van der Waals surface area (Å²) in [6, 6.07) is 0. The zero-order valence-corrected chi connectivity index (χ0v) is 15.8. The first-order chi connectivity index (χ1) is 12.2.